The van der Waals surface area contributed by atoms with E-state index in [4.69, 9.17) is 4.74 Å². The number of urea groups is 1. The molecule has 2 heterocycles. The quantitative estimate of drug-likeness (QED) is 0.444. The second-order valence-corrected chi connectivity index (χ2v) is 5.28. The third-order valence-electron chi connectivity index (χ3n) is 3.65. The molecule has 2 aliphatic heterocycles. The molecule has 0 aliphatic carbocycles. The van der Waals surface area contributed by atoms with E-state index in [1.165, 1.54) is 24.3 Å². The molecule has 2 N–H and O–H groups in total. The summed E-state index contributed by atoms with van der Waals surface area (Å²) in [4.78, 5) is 58.6. The number of carbonyl (C=O) groups excluding carboxylic acids is 5. The molecule has 1 aromatic rings. The zero-order chi connectivity index (χ0) is 17.3. The van der Waals surface area contributed by atoms with Crippen molar-refractivity contribution in [3.8, 4) is 0 Å². The zero-order valence-electron chi connectivity index (χ0n) is 12.4. The van der Waals surface area contributed by atoms with Crippen LogP contribution in [0.1, 0.15) is 23.2 Å². The lowest BCUT2D eigenvalue weighted by molar-refractivity contribution is -0.122. The summed E-state index contributed by atoms with van der Waals surface area (Å²) in [6.07, 6.45) is 0.357. The van der Waals surface area contributed by atoms with Gasteiger partial charge >= 0.3 is 12.0 Å². The second kappa shape index (κ2) is 6.11. The summed E-state index contributed by atoms with van der Waals surface area (Å²) in [5, 5.41) is 4.34. The number of nitrogens with zero attached hydrogens (tertiary/aromatic N) is 1. The molecular weight excluding hydrogens is 318 g/mol. The Bertz CT molecular complexity index is 726. The van der Waals surface area contributed by atoms with E-state index < -0.39 is 23.9 Å². The second-order valence-electron chi connectivity index (χ2n) is 5.28. The number of imide groups is 2. The van der Waals surface area contributed by atoms with E-state index in [0.29, 0.717) is 5.69 Å². The molecule has 1 unspecified atom stereocenters. The summed E-state index contributed by atoms with van der Waals surface area (Å²) in [7, 11) is 0. The molecular formula is C15H13N3O6. The van der Waals surface area contributed by atoms with Gasteiger partial charge in [0, 0.05) is 12.8 Å². The number of esters is 1. The van der Waals surface area contributed by atoms with Crippen LogP contribution >= 0.6 is 0 Å². The van der Waals surface area contributed by atoms with E-state index in [2.05, 4.69) is 5.32 Å². The number of carbonyl (C=O) groups is 5. The molecule has 3 rings (SSSR count). The molecule has 0 aromatic heterocycles. The first kappa shape index (κ1) is 15.7. The highest BCUT2D eigenvalue weighted by Crippen LogP contribution is 2.22. The molecule has 1 atom stereocenters. The first-order valence-electron chi connectivity index (χ1n) is 7.20. The Morgan fingerprint density at radius 3 is 2.25 bits per heavy atom. The fourth-order valence-corrected chi connectivity index (χ4v) is 2.43. The van der Waals surface area contributed by atoms with Gasteiger partial charge < -0.3 is 10.1 Å². The van der Waals surface area contributed by atoms with Crippen molar-refractivity contribution in [3.63, 3.8) is 0 Å². The number of benzene rings is 1. The normalized spacial score (nSPS) is 20.2. The van der Waals surface area contributed by atoms with Gasteiger partial charge in [-0.15, -0.1) is 0 Å². The van der Waals surface area contributed by atoms with E-state index in [-0.39, 0.29) is 36.8 Å². The van der Waals surface area contributed by atoms with Crippen molar-refractivity contribution in [1.29, 1.82) is 0 Å². The minimum atomic E-state index is -0.916. The Morgan fingerprint density at radius 1 is 1.08 bits per heavy atom. The molecule has 124 valence electrons. The van der Waals surface area contributed by atoms with E-state index in [0.717, 1.165) is 4.90 Å². The molecule has 9 heteroatoms. The molecule has 2 saturated heterocycles. The van der Waals surface area contributed by atoms with Gasteiger partial charge in [0.1, 0.15) is 12.6 Å². The van der Waals surface area contributed by atoms with Gasteiger partial charge in [-0.2, -0.15) is 0 Å². The maximum Gasteiger partial charge on any atom is 0.338 e. The summed E-state index contributed by atoms with van der Waals surface area (Å²) in [6.45, 7) is -0.290. The predicted molar refractivity (Wildman–Crippen MR) is 78.9 cm³/mol. The van der Waals surface area contributed by atoms with Gasteiger partial charge in [0.15, 0.2) is 0 Å². The van der Waals surface area contributed by atoms with Crippen molar-refractivity contribution in [2.45, 2.75) is 18.9 Å². The van der Waals surface area contributed by atoms with Gasteiger partial charge in [0.25, 0.3) is 5.91 Å². The lowest BCUT2D eigenvalue weighted by atomic mass is 10.2. The molecule has 1 aromatic carbocycles. The van der Waals surface area contributed by atoms with Crippen LogP contribution in [0.5, 0.6) is 0 Å². The molecule has 0 radical (unpaired) electrons. The number of ether oxygens (including phenoxy) is 1. The number of rotatable bonds is 4. The number of amides is 5. The first-order valence-corrected chi connectivity index (χ1v) is 7.20. The molecule has 9 nitrogen and oxygen atoms in total. The van der Waals surface area contributed by atoms with E-state index in [1.807, 2.05) is 5.32 Å². The zero-order valence-corrected chi connectivity index (χ0v) is 12.4. The van der Waals surface area contributed by atoms with Gasteiger partial charge in [0.2, 0.25) is 11.8 Å². The highest BCUT2D eigenvalue weighted by molar-refractivity contribution is 6.19. The standard InChI is InChI=1S/C15H13N3O6/c19-11-5-6-12(20)18(11)9-3-1-8(2-4-9)14(22)24-7-10-13(21)17-15(23)16-10/h1-4,10H,5-7H2,(H2,16,17,21,23). The summed E-state index contributed by atoms with van der Waals surface area (Å²) >= 11 is 0. The Kier molecular flexibility index (Phi) is 3.98. The average molecular weight is 331 g/mol. The molecule has 0 saturated carbocycles. The van der Waals surface area contributed by atoms with Crippen LogP contribution in [0.2, 0.25) is 0 Å². The number of hydrogen-bond acceptors (Lipinski definition) is 6. The lowest BCUT2D eigenvalue weighted by Gasteiger charge is -2.14. The Morgan fingerprint density at radius 2 is 1.71 bits per heavy atom. The summed E-state index contributed by atoms with van der Waals surface area (Å²) in [5.74, 6) is -1.81. The molecule has 2 fully saturated rings. The maximum atomic E-state index is 11.9. The van der Waals surface area contributed by atoms with Crippen LogP contribution in [0.25, 0.3) is 0 Å². The van der Waals surface area contributed by atoms with Crippen molar-refractivity contribution < 1.29 is 28.7 Å². The minimum absolute atomic E-state index is 0.178. The van der Waals surface area contributed by atoms with Gasteiger partial charge in [-0.3, -0.25) is 24.6 Å². The van der Waals surface area contributed by atoms with Gasteiger partial charge in [-0.25, -0.2) is 9.59 Å². The van der Waals surface area contributed by atoms with Crippen molar-refractivity contribution in [2.24, 2.45) is 0 Å². The van der Waals surface area contributed by atoms with E-state index in [1.54, 1.807) is 0 Å². The molecule has 24 heavy (non-hydrogen) atoms. The van der Waals surface area contributed by atoms with Crippen LogP contribution in [-0.4, -0.2) is 42.4 Å². The van der Waals surface area contributed by atoms with E-state index in [9.17, 15) is 24.0 Å². The summed E-state index contributed by atoms with van der Waals surface area (Å²) < 4.78 is 4.98. The summed E-state index contributed by atoms with van der Waals surface area (Å²) in [5.41, 5.74) is 0.587. The molecule has 0 spiro atoms. The summed E-state index contributed by atoms with van der Waals surface area (Å²) in [6, 6.07) is 4.24. The number of hydrogen-bond donors (Lipinski definition) is 2. The SMILES string of the molecule is O=C1NC(=O)C(COC(=O)c2ccc(N3C(=O)CCC3=O)cc2)N1. The van der Waals surface area contributed by atoms with Crippen LogP contribution in [-0.2, 0) is 19.1 Å². The van der Waals surface area contributed by atoms with Crippen LogP contribution < -0.4 is 15.5 Å². The minimum Gasteiger partial charge on any atom is -0.459 e. The van der Waals surface area contributed by atoms with Crippen LogP contribution in [0.15, 0.2) is 24.3 Å². The van der Waals surface area contributed by atoms with Crippen LogP contribution in [0.4, 0.5) is 10.5 Å². The Hall–Kier alpha value is -3.23. The van der Waals surface area contributed by atoms with Gasteiger partial charge in [-0.1, -0.05) is 0 Å². The number of nitrogens with one attached hydrogen (secondary N) is 2. The lowest BCUT2D eigenvalue weighted by Crippen LogP contribution is -2.34. The Labute approximate surface area is 135 Å². The average Bonchev–Trinajstić information content (AvgIpc) is 3.06. The monoisotopic (exact) mass is 331 g/mol. The van der Waals surface area contributed by atoms with Crippen molar-refractivity contribution >= 4 is 35.4 Å². The van der Waals surface area contributed by atoms with Crippen LogP contribution in [0, 0.1) is 0 Å². The van der Waals surface area contributed by atoms with Crippen molar-refractivity contribution in [1.82, 2.24) is 10.6 Å². The van der Waals surface area contributed by atoms with Gasteiger partial charge in [-0.05, 0) is 24.3 Å². The third-order valence-corrected chi connectivity index (χ3v) is 3.65. The van der Waals surface area contributed by atoms with Crippen LogP contribution in [0.3, 0.4) is 0 Å². The van der Waals surface area contributed by atoms with Gasteiger partial charge in [0.05, 0.1) is 11.3 Å². The molecule has 0 bridgehead atoms. The molecule has 5 amide bonds. The topological polar surface area (TPSA) is 122 Å². The molecule has 2 aliphatic rings. The third kappa shape index (κ3) is 2.96. The largest absolute Gasteiger partial charge is 0.459 e. The predicted octanol–water partition coefficient (Wildman–Crippen LogP) is -0.295. The highest BCUT2D eigenvalue weighted by Gasteiger charge is 2.31. The fourth-order valence-electron chi connectivity index (χ4n) is 2.43. The maximum absolute atomic E-state index is 11.9. The highest BCUT2D eigenvalue weighted by atomic mass is 16.5. The first-order chi connectivity index (χ1) is 11.5. The fraction of sp³-hybridized carbons (Fsp3) is 0.267. The smallest absolute Gasteiger partial charge is 0.338 e. The Balaban J connectivity index is 1.62. The van der Waals surface area contributed by atoms with E-state index >= 15 is 0 Å². The van der Waals surface area contributed by atoms with Crippen molar-refractivity contribution in [3.05, 3.63) is 29.8 Å². The van der Waals surface area contributed by atoms with Crippen molar-refractivity contribution in [2.75, 3.05) is 11.5 Å². The number of anilines is 1.